The monoisotopic (exact) mass is 464 g/mol. The van der Waals surface area contributed by atoms with Gasteiger partial charge in [0, 0.05) is 18.1 Å². The Kier molecular flexibility index (Phi) is 6.33. The van der Waals surface area contributed by atoms with Gasteiger partial charge in [0.15, 0.2) is 5.82 Å². The van der Waals surface area contributed by atoms with Crippen LogP contribution in [-0.2, 0) is 20.6 Å². The summed E-state index contributed by atoms with van der Waals surface area (Å²) in [5, 5.41) is 19.0. The highest BCUT2D eigenvalue weighted by molar-refractivity contribution is 7.89. The van der Waals surface area contributed by atoms with Crippen molar-refractivity contribution in [1.82, 2.24) is 9.71 Å². The van der Waals surface area contributed by atoms with E-state index in [-0.39, 0.29) is 41.7 Å². The number of halogens is 1. The van der Waals surface area contributed by atoms with Gasteiger partial charge in [-0.2, -0.15) is 10.2 Å². The summed E-state index contributed by atoms with van der Waals surface area (Å²) in [5.74, 6) is -2.98. The Morgan fingerprint density at radius 1 is 1.35 bits per heavy atom. The van der Waals surface area contributed by atoms with E-state index >= 15 is 0 Å². The first-order chi connectivity index (χ1) is 14.6. The molecule has 1 aliphatic heterocycles. The van der Waals surface area contributed by atoms with Crippen LogP contribution >= 0.6 is 11.6 Å². The van der Waals surface area contributed by atoms with Gasteiger partial charge in [-0.1, -0.05) is 23.7 Å². The van der Waals surface area contributed by atoms with Gasteiger partial charge >= 0.3 is 5.97 Å². The highest BCUT2D eigenvalue weighted by Crippen LogP contribution is 2.30. The number of rotatable bonds is 7. The normalized spacial score (nSPS) is 13.8. The number of carboxylic acids is 1. The predicted octanol–water partition coefficient (Wildman–Crippen LogP) is 1.40. The molecule has 0 radical (unpaired) electrons. The van der Waals surface area contributed by atoms with E-state index in [9.17, 15) is 28.4 Å². The zero-order valence-electron chi connectivity index (χ0n) is 16.2. The van der Waals surface area contributed by atoms with Crippen molar-refractivity contribution >= 4 is 39.3 Å². The zero-order chi connectivity index (χ0) is 22.8. The molecule has 1 aromatic heterocycles. The fourth-order valence-electron chi connectivity index (χ4n) is 3.01. The van der Waals surface area contributed by atoms with Gasteiger partial charge in [-0.3, -0.25) is 9.52 Å². The van der Waals surface area contributed by atoms with Crippen LogP contribution in [0.15, 0.2) is 30.3 Å². The second kappa shape index (κ2) is 8.79. The standard InChI is InChI=1S/C19H17ClN4O6S/c1-30-18-15(19(26)27)6-12(7-21)16(22-18)24-8-13(9-24)17(25)23-31(28,29)10-11-2-4-14(20)5-3-11/h2-6,13H,8-10H2,1H3,(H,23,25)(H,26,27). The number of nitrogens with zero attached hydrogens (tertiary/aromatic N) is 3. The summed E-state index contributed by atoms with van der Waals surface area (Å²) in [7, 11) is -2.65. The number of nitrogens with one attached hydrogen (secondary N) is 1. The van der Waals surface area contributed by atoms with Crippen molar-refractivity contribution in [2.75, 3.05) is 25.1 Å². The van der Waals surface area contributed by atoms with Crippen LogP contribution in [0.3, 0.4) is 0 Å². The molecule has 3 rings (SSSR count). The van der Waals surface area contributed by atoms with Crippen LogP contribution in [-0.4, -0.2) is 50.6 Å². The lowest BCUT2D eigenvalue weighted by Gasteiger charge is -2.39. The van der Waals surface area contributed by atoms with Crippen LogP contribution in [0, 0.1) is 17.2 Å². The van der Waals surface area contributed by atoms with Gasteiger partial charge in [-0.05, 0) is 23.8 Å². The van der Waals surface area contributed by atoms with Crippen molar-refractivity contribution < 1.29 is 27.9 Å². The third kappa shape index (κ3) is 5.04. The lowest BCUT2D eigenvalue weighted by molar-refractivity contribution is -0.123. The van der Waals surface area contributed by atoms with Crippen molar-refractivity contribution in [2.24, 2.45) is 5.92 Å². The summed E-state index contributed by atoms with van der Waals surface area (Å²) in [5.41, 5.74) is 0.228. The van der Waals surface area contributed by atoms with Crippen LogP contribution in [0.5, 0.6) is 5.88 Å². The number of hydrogen-bond acceptors (Lipinski definition) is 8. The Bertz CT molecular complexity index is 1170. The summed E-state index contributed by atoms with van der Waals surface area (Å²) >= 11 is 5.78. The molecule has 0 spiro atoms. The molecule has 1 saturated heterocycles. The van der Waals surface area contributed by atoms with E-state index in [0.717, 1.165) is 6.07 Å². The number of anilines is 1. The minimum absolute atomic E-state index is 0.00687. The molecule has 2 aromatic rings. The molecule has 1 aromatic carbocycles. The Balaban J connectivity index is 1.67. The fraction of sp³-hybridized carbons (Fsp3) is 0.263. The first-order valence-electron chi connectivity index (χ1n) is 8.89. The molecule has 10 nitrogen and oxygen atoms in total. The number of carboxylic acid groups (broad SMARTS) is 1. The van der Waals surface area contributed by atoms with Crippen LogP contribution in [0.25, 0.3) is 0 Å². The summed E-state index contributed by atoms with van der Waals surface area (Å²) in [6.07, 6.45) is 0. The number of sulfonamides is 1. The van der Waals surface area contributed by atoms with E-state index in [0.29, 0.717) is 10.6 Å². The molecular formula is C19H17ClN4O6S. The summed E-state index contributed by atoms with van der Waals surface area (Å²) < 4.78 is 31.6. The molecule has 12 heteroatoms. The van der Waals surface area contributed by atoms with Gasteiger partial charge in [0.1, 0.15) is 11.6 Å². The molecular weight excluding hydrogens is 448 g/mol. The average Bonchev–Trinajstić information content (AvgIpc) is 2.67. The van der Waals surface area contributed by atoms with Gasteiger partial charge in [0.05, 0.1) is 24.3 Å². The van der Waals surface area contributed by atoms with E-state index < -0.39 is 27.8 Å². The second-order valence-corrected chi connectivity index (χ2v) is 8.95. The van der Waals surface area contributed by atoms with Crippen molar-refractivity contribution in [2.45, 2.75) is 5.75 Å². The number of nitriles is 1. The number of hydrogen-bond donors (Lipinski definition) is 2. The van der Waals surface area contributed by atoms with Gasteiger partial charge in [0.2, 0.25) is 21.8 Å². The number of ether oxygens (including phenoxy) is 1. The first kappa shape index (κ1) is 22.3. The number of aromatic carboxylic acids is 1. The molecule has 0 atom stereocenters. The molecule has 1 fully saturated rings. The third-order valence-electron chi connectivity index (χ3n) is 4.59. The van der Waals surface area contributed by atoms with Gasteiger partial charge < -0.3 is 14.7 Å². The quantitative estimate of drug-likeness (QED) is 0.619. The lowest BCUT2D eigenvalue weighted by atomic mass is 9.98. The van der Waals surface area contributed by atoms with Crippen LogP contribution in [0.4, 0.5) is 5.82 Å². The Morgan fingerprint density at radius 2 is 2.00 bits per heavy atom. The summed E-state index contributed by atoms with van der Waals surface area (Å²) in [6.45, 7) is 0.221. The minimum Gasteiger partial charge on any atom is -0.480 e. The van der Waals surface area contributed by atoms with E-state index in [1.807, 2.05) is 6.07 Å². The number of methoxy groups -OCH3 is 1. The Hall–Kier alpha value is -3.36. The molecule has 0 saturated carbocycles. The van der Waals surface area contributed by atoms with Gasteiger partial charge in [0.25, 0.3) is 0 Å². The SMILES string of the molecule is COc1nc(N2CC(C(=O)NS(=O)(=O)Cc3ccc(Cl)cc3)C2)c(C#N)cc1C(=O)O. The molecule has 2 N–H and O–H groups in total. The first-order valence-corrected chi connectivity index (χ1v) is 10.9. The fourth-order valence-corrected chi connectivity index (χ4v) is 4.31. The van der Waals surface area contributed by atoms with E-state index in [1.165, 1.54) is 7.11 Å². The zero-order valence-corrected chi connectivity index (χ0v) is 17.8. The number of carbonyl (C=O) groups excluding carboxylic acids is 1. The highest BCUT2D eigenvalue weighted by Gasteiger charge is 2.37. The maximum absolute atomic E-state index is 12.4. The lowest BCUT2D eigenvalue weighted by Crippen LogP contribution is -2.55. The molecule has 1 amide bonds. The third-order valence-corrected chi connectivity index (χ3v) is 6.07. The minimum atomic E-state index is -3.90. The second-order valence-electron chi connectivity index (χ2n) is 6.79. The van der Waals surface area contributed by atoms with E-state index in [2.05, 4.69) is 9.71 Å². The number of benzene rings is 1. The van der Waals surface area contributed by atoms with Crippen molar-refractivity contribution in [3.05, 3.63) is 52.0 Å². The predicted molar refractivity (Wildman–Crippen MR) is 110 cm³/mol. The van der Waals surface area contributed by atoms with Crippen molar-refractivity contribution in [3.8, 4) is 11.9 Å². The maximum Gasteiger partial charge on any atom is 0.341 e. The number of aromatic nitrogens is 1. The van der Waals surface area contributed by atoms with E-state index in [4.69, 9.17) is 16.3 Å². The van der Waals surface area contributed by atoms with Crippen LogP contribution in [0.1, 0.15) is 21.5 Å². The molecule has 0 aliphatic carbocycles. The molecule has 0 unspecified atom stereocenters. The molecule has 162 valence electrons. The molecule has 0 bridgehead atoms. The molecule has 31 heavy (non-hydrogen) atoms. The average molecular weight is 465 g/mol. The highest BCUT2D eigenvalue weighted by atomic mass is 35.5. The largest absolute Gasteiger partial charge is 0.480 e. The number of carbonyl (C=O) groups is 2. The molecule has 1 aliphatic rings. The summed E-state index contributed by atoms with van der Waals surface area (Å²) in [4.78, 5) is 29.3. The van der Waals surface area contributed by atoms with Crippen LogP contribution in [0.2, 0.25) is 5.02 Å². The smallest absolute Gasteiger partial charge is 0.341 e. The maximum atomic E-state index is 12.4. The molecule has 2 heterocycles. The Labute approximate surface area is 183 Å². The van der Waals surface area contributed by atoms with Gasteiger partial charge in [-0.25, -0.2) is 13.2 Å². The van der Waals surface area contributed by atoms with Crippen molar-refractivity contribution in [1.29, 1.82) is 5.26 Å². The van der Waals surface area contributed by atoms with E-state index in [1.54, 1.807) is 29.2 Å². The Morgan fingerprint density at radius 3 is 2.55 bits per heavy atom. The number of pyridine rings is 1. The van der Waals surface area contributed by atoms with Crippen LogP contribution < -0.4 is 14.4 Å². The summed E-state index contributed by atoms with van der Waals surface area (Å²) in [6, 6.07) is 9.25. The van der Waals surface area contributed by atoms with Crippen molar-refractivity contribution in [3.63, 3.8) is 0 Å². The topological polar surface area (TPSA) is 150 Å². The number of amides is 1. The van der Waals surface area contributed by atoms with Gasteiger partial charge in [-0.15, -0.1) is 0 Å².